The number of rotatable bonds is 4. The molecule has 0 saturated carbocycles. The van der Waals surface area contributed by atoms with Gasteiger partial charge in [-0.3, -0.25) is 4.79 Å². The summed E-state index contributed by atoms with van der Waals surface area (Å²) in [6.07, 6.45) is -3.43. The van der Waals surface area contributed by atoms with Gasteiger partial charge in [-0.25, -0.2) is 4.39 Å². The molecule has 0 spiro atoms. The van der Waals surface area contributed by atoms with Crippen LogP contribution in [0.1, 0.15) is 23.7 Å². The summed E-state index contributed by atoms with van der Waals surface area (Å²) in [5, 5.41) is 27.4. The maximum Gasteiger partial charge on any atom is 0.306 e. The van der Waals surface area contributed by atoms with Crippen LogP contribution in [-0.4, -0.2) is 27.4 Å². The molecule has 0 fully saturated rings. The molecule has 1 aromatic rings. The summed E-state index contributed by atoms with van der Waals surface area (Å²) in [4.78, 5) is 10.3. The van der Waals surface area contributed by atoms with Crippen molar-refractivity contribution in [3.05, 3.63) is 35.1 Å². The summed E-state index contributed by atoms with van der Waals surface area (Å²) in [6.45, 7) is 1.57. The lowest BCUT2D eigenvalue weighted by molar-refractivity contribution is -0.141. The van der Waals surface area contributed by atoms with Gasteiger partial charge >= 0.3 is 5.97 Å². The average molecular weight is 228 g/mol. The summed E-state index contributed by atoms with van der Waals surface area (Å²) < 4.78 is 13.2. The van der Waals surface area contributed by atoms with Crippen molar-refractivity contribution >= 4 is 5.97 Å². The van der Waals surface area contributed by atoms with Gasteiger partial charge in [-0.2, -0.15) is 0 Å². The van der Waals surface area contributed by atoms with E-state index in [9.17, 15) is 19.4 Å². The molecule has 0 heterocycles. The molecule has 0 aliphatic carbocycles. The van der Waals surface area contributed by atoms with Crippen LogP contribution in [0.4, 0.5) is 4.39 Å². The zero-order valence-corrected chi connectivity index (χ0v) is 8.72. The van der Waals surface area contributed by atoms with Crippen LogP contribution in [0.15, 0.2) is 18.2 Å². The fraction of sp³-hybridized carbons (Fsp3) is 0.364. The molecule has 0 bridgehead atoms. The summed E-state index contributed by atoms with van der Waals surface area (Å²) >= 11 is 0. The largest absolute Gasteiger partial charge is 0.481 e. The van der Waals surface area contributed by atoms with Crippen LogP contribution in [0.3, 0.4) is 0 Å². The number of carboxylic acid groups (broad SMARTS) is 1. The molecule has 5 heteroatoms. The lowest BCUT2D eigenvalue weighted by Crippen LogP contribution is -2.21. The number of benzene rings is 1. The Bertz CT molecular complexity index is 392. The Labute approximate surface area is 92.0 Å². The average Bonchev–Trinajstić information content (AvgIpc) is 2.20. The minimum Gasteiger partial charge on any atom is -0.481 e. The molecule has 0 saturated heterocycles. The minimum absolute atomic E-state index is 0.164. The van der Waals surface area contributed by atoms with E-state index in [1.165, 1.54) is 12.1 Å². The zero-order chi connectivity index (χ0) is 12.3. The normalized spacial score (nSPS) is 14.5. The van der Waals surface area contributed by atoms with Gasteiger partial charge in [0.05, 0.1) is 12.5 Å². The van der Waals surface area contributed by atoms with E-state index in [0.717, 1.165) is 6.07 Å². The van der Waals surface area contributed by atoms with E-state index >= 15 is 0 Å². The SMILES string of the molecule is Cc1ccc(C(O)C(O)CC(=O)O)cc1F. The van der Waals surface area contributed by atoms with Crippen molar-refractivity contribution in [1.29, 1.82) is 0 Å². The lowest BCUT2D eigenvalue weighted by Gasteiger charge is -2.16. The molecule has 0 radical (unpaired) electrons. The van der Waals surface area contributed by atoms with Gasteiger partial charge in [0.25, 0.3) is 0 Å². The van der Waals surface area contributed by atoms with Crippen molar-refractivity contribution in [3.8, 4) is 0 Å². The topological polar surface area (TPSA) is 77.8 Å². The molecule has 3 N–H and O–H groups in total. The van der Waals surface area contributed by atoms with Crippen LogP contribution < -0.4 is 0 Å². The van der Waals surface area contributed by atoms with E-state index in [0.29, 0.717) is 5.56 Å². The molecule has 0 amide bonds. The molecule has 88 valence electrons. The highest BCUT2D eigenvalue weighted by atomic mass is 19.1. The number of carboxylic acids is 1. The summed E-state index contributed by atoms with van der Waals surface area (Å²) in [6, 6.07) is 4.00. The Morgan fingerprint density at radius 3 is 2.56 bits per heavy atom. The summed E-state index contributed by atoms with van der Waals surface area (Å²) in [5.74, 6) is -1.72. The van der Waals surface area contributed by atoms with Crippen molar-refractivity contribution in [2.24, 2.45) is 0 Å². The number of aliphatic hydroxyl groups is 2. The van der Waals surface area contributed by atoms with Crippen LogP contribution in [0.5, 0.6) is 0 Å². The fourth-order valence-electron chi connectivity index (χ4n) is 1.31. The Morgan fingerprint density at radius 1 is 1.44 bits per heavy atom. The highest BCUT2D eigenvalue weighted by molar-refractivity contribution is 5.67. The van der Waals surface area contributed by atoms with Gasteiger partial charge in [-0.1, -0.05) is 12.1 Å². The van der Waals surface area contributed by atoms with Crippen LogP contribution in [0.2, 0.25) is 0 Å². The first-order valence-corrected chi connectivity index (χ1v) is 4.75. The maximum absolute atomic E-state index is 13.2. The van der Waals surface area contributed by atoms with Gasteiger partial charge < -0.3 is 15.3 Å². The number of hydrogen-bond acceptors (Lipinski definition) is 3. The molecule has 0 aliphatic heterocycles. The number of aliphatic hydroxyl groups excluding tert-OH is 2. The molecule has 2 atom stereocenters. The van der Waals surface area contributed by atoms with Crippen molar-refractivity contribution in [2.75, 3.05) is 0 Å². The van der Waals surface area contributed by atoms with Gasteiger partial charge in [0.15, 0.2) is 0 Å². The minimum atomic E-state index is -1.44. The molecule has 2 unspecified atom stereocenters. The Hall–Kier alpha value is -1.46. The quantitative estimate of drug-likeness (QED) is 0.718. The predicted octanol–water partition coefficient (Wildman–Crippen LogP) is 1.00. The monoisotopic (exact) mass is 228 g/mol. The second-order valence-corrected chi connectivity index (χ2v) is 3.62. The second-order valence-electron chi connectivity index (χ2n) is 3.62. The van der Waals surface area contributed by atoms with E-state index in [1.807, 2.05) is 0 Å². The first-order valence-electron chi connectivity index (χ1n) is 4.75. The number of aliphatic carboxylic acids is 1. The Morgan fingerprint density at radius 2 is 2.06 bits per heavy atom. The molecular formula is C11H13FO4. The van der Waals surface area contributed by atoms with E-state index in [-0.39, 0.29) is 5.56 Å². The standard InChI is InChI=1S/C11H13FO4/c1-6-2-3-7(4-8(6)12)11(16)9(13)5-10(14)15/h2-4,9,11,13,16H,5H2,1H3,(H,14,15). The molecular weight excluding hydrogens is 215 g/mol. The van der Waals surface area contributed by atoms with Gasteiger partial charge in [0, 0.05) is 0 Å². The molecule has 1 aromatic carbocycles. The van der Waals surface area contributed by atoms with Crippen LogP contribution in [0.25, 0.3) is 0 Å². The van der Waals surface area contributed by atoms with Gasteiger partial charge in [0.1, 0.15) is 11.9 Å². The predicted molar refractivity (Wildman–Crippen MR) is 54.4 cm³/mol. The Kier molecular flexibility index (Phi) is 3.98. The number of carbonyl (C=O) groups is 1. The van der Waals surface area contributed by atoms with Crippen molar-refractivity contribution in [2.45, 2.75) is 25.6 Å². The number of hydrogen-bond donors (Lipinski definition) is 3. The highest BCUT2D eigenvalue weighted by Gasteiger charge is 2.21. The molecule has 0 aliphatic rings. The highest BCUT2D eigenvalue weighted by Crippen LogP contribution is 2.21. The van der Waals surface area contributed by atoms with Gasteiger partial charge in [-0.15, -0.1) is 0 Å². The third-order valence-electron chi connectivity index (χ3n) is 2.29. The molecule has 0 aromatic heterocycles. The molecule has 4 nitrogen and oxygen atoms in total. The molecule has 1 rings (SSSR count). The van der Waals surface area contributed by atoms with E-state index in [1.54, 1.807) is 6.92 Å². The van der Waals surface area contributed by atoms with Gasteiger partial charge in [-0.05, 0) is 24.1 Å². The van der Waals surface area contributed by atoms with E-state index in [2.05, 4.69) is 0 Å². The van der Waals surface area contributed by atoms with Crippen molar-refractivity contribution in [3.63, 3.8) is 0 Å². The van der Waals surface area contributed by atoms with Crippen molar-refractivity contribution < 1.29 is 24.5 Å². The van der Waals surface area contributed by atoms with Crippen LogP contribution in [-0.2, 0) is 4.79 Å². The maximum atomic E-state index is 13.2. The fourth-order valence-corrected chi connectivity index (χ4v) is 1.31. The zero-order valence-electron chi connectivity index (χ0n) is 8.72. The number of aryl methyl sites for hydroxylation is 1. The van der Waals surface area contributed by atoms with Crippen LogP contribution in [0, 0.1) is 12.7 Å². The molecule has 16 heavy (non-hydrogen) atoms. The smallest absolute Gasteiger partial charge is 0.306 e. The van der Waals surface area contributed by atoms with Gasteiger partial charge in [0.2, 0.25) is 0 Å². The lowest BCUT2D eigenvalue weighted by atomic mass is 10.0. The first kappa shape index (κ1) is 12.6. The third kappa shape index (κ3) is 3.01. The van der Waals surface area contributed by atoms with E-state index < -0.39 is 30.4 Å². The van der Waals surface area contributed by atoms with E-state index in [4.69, 9.17) is 5.11 Å². The summed E-state index contributed by atoms with van der Waals surface area (Å²) in [7, 11) is 0. The Balaban J connectivity index is 2.83. The second kappa shape index (κ2) is 5.05. The van der Waals surface area contributed by atoms with Crippen LogP contribution >= 0.6 is 0 Å². The number of halogens is 1. The third-order valence-corrected chi connectivity index (χ3v) is 2.29. The van der Waals surface area contributed by atoms with Crippen molar-refractivity contribution in [1.82, 2.24) is 0 Å². The summed E-state index contributed by atoms with van der Waals surface area (Å²) in [5.41, 5.74) is 0.584. The first-order chi connectivity index (χ1) is 7.41.